The minimum absolute atomic E-state index is 0.0577. The van der Waals surface area contributed by atoms with Crippen LogP contribution in [-0.4, -0.2) is 42.3 Å². The first kappa shape index (κ1) is 14.7. The van der Waals surface area contributed by atoms with Gasteiger partial charge in [-0.15, -0.1) is 0 Å². The maximum atomic E-state index is 12.5. The molecule has 2 aliphatic carbocycles. The molecule has 1 N–H and O–H groups in total. The van der Waals surface area contributed by atoms with Gasteiger partial charge in [-0.25, -0.2) is 0 Å². The van der Waals surface area contributed by atoms with Crippen molar-refractivity contribution >= 4 is 11.8 Å². The smallest absolute Gasteiger partial charge is 0.312 e. The summed E-state index contributed by atoms with van der Waals surface area (Å²) in [5, 5.41) is 11.1. The summed E-state index contributed by atoms with van der Waals surface area (Å²) in [5.74, 6) is -0.954. The SMILES string of the molecule is COC[C@@H]1C(=O)O[C@@H]2[C@H]1CC[C@@H](C)[C@]1(O)C=CC(=O)[C@]21C. The molecule has 5 heteroatoms. The number of fused-ring (bicyclic) bond motifs is 3. The molecule has 0 radical (unpaired) electrons. The van der Waals surface area contributed by atoms with Gasteiger partial charge in [0, 0.05) is 13.0 Å². The average Bonchev–Trinajstić information content (AvgIpc) is 2.86. The highest BCUT2D eigenvalue weighted by Gasteiger charge is 2.67. The molecule has 5 nitrogen and oxygen atoms in total. The van der Waals surface area contributed by atoms with Crippen molar-refractivity contribution in [3.8, 4) is 0 Å². The lowest BCUT2D eigenvalue weighted by atomic mass is 9.64. The Bertz CT molecular complexity index is 513. The second-order valence-corrected chi connectivity index (χ2v) is 6.79. The molecule has 0 aromatic rings. The van der Waals surface area contributed by atoms with Crippen molar-refractivity contribution in [1.82, 2.24) is 0 Å². The fourth-order valence-electron chi connectivity index (χ4n) is 4.41. The number of allylic oxidation sites excluding steroid dienone is 1. The summed E-state index contributed by atoms with van der Waals surface area (Å²) < 4.78 is 10.7. The molecule has 0 aromatic carbocycles. The summed E-state index contributed by atoms with van der Waals surface area (Å²) >= 11 is 0. The van der Waals surface area contributed by atoms with Crippen LogP contribution >= 0.6 is 0 Å². The Morgan fingerprint density at radius 2 is 2.14 bits per heavy atom. The molecule has 6 atom stereocenters. The number of methoxy groups -OCH3 is 1. The van der Waals surface area contributed by atoms with Crippen LogP contribution in [0, 0.1) is 23.2 Å². The number of aliphatic hydroxyl groups is 1. The molecule has 2 fully saturated rings. The molecule has 1 saturated heterocycles. The molecule has 1 aliphatic heterocycles. The van der Waals surface area contributed by atoms with Gasteiger partial charge in [0.05, 0.1) is 17.9 Å². The molecule has 1 heterocycles. The van der Waals surface area contributed by atoms with E-state index in [1.165, 1.54) is 6.08 Å². The van der Waals surface area contributed by atoms with Crippen LogP contribution in [0.15, 0.2) is 12.2 Å². The van der Waals surface area contributed by atoms with Gasteiger partial charge in [0.15, 0.2) is 5.78 Å². The molecule has 116 valence electrons. The van der Waals surface area contributed by atoms with Crippen LogP contribution in [0.25, 0.3) is 0 Å². The highest BCUT2D eigenvalue weighted by molar-refractivity contribution is 6.00. The largest absolute Gasteiger partial charge is 0.461 e. The molecule has 0 spiro atoms. The minimum atomic E-state index is -1.24. The van der Waals surface area contributed by atoms with E-state index in [9.17, 15) is 14.7 Å². The molecule has 0 aromatic heterocycles. The minimum Gasteiger partial charge on any atom is -0.461 e. The van der Waals surface area contributed by atoms with Gasteiger partial charge in [-0.3, -0.25) is 9.59 Å². The zero-order valence-electron chi connectivity index (χ0n) is 12.7. The molecule has 0 amide bonds. The van der Waals surface area contributed by atoms with E-state index in [0.29, 0.717) is 6.61 Å². The third-order valence-electron chi connectivity index (χ3n) is 5.88. The first-order valence-electron chi connectivity index (χ1n) is 7.51. The zero-order valence-corrected chi connectivity index (χ0v) is 12.7. The topological polar surface area (TPSA) is 72.8 Å². The second-order valence-electron chi connectivity index (χ2n) is 6.79. The van der Waals surface area contributed by atoms with E-state index < -0.39 is 17.1 Å². The summed E-state index contributed by atoms with van der Waals surface area (Å²) in [4.78, 5) is 24.6. The number of ether oxygens (including phenoxy) is 2. The van der Waals surface area contributed by atoms with Crippen molar-refractivity contribution in [2.45, 2.75) is 38.4 Å². The maximum absolute atomic E-state index is 12.5. The molecular formula is C16H22O5. The number of hydrogen-bond donors (Lipinski definition) is 1. The molecule has 3 rings (SSSR count). The van der Waals surface area contributed by atoms with E-state index in [-0.39, 0.29) is 29.5 Å². The Balaban J connectivity index is 2.06. The van der Waals surface area contributed by atoms with Gasteiger partial charge < -0.3 is 14.6 Å². The normalized spacial score (nSPS) is 48.8. The van der Waals surface area contributed by atoms with Gasteiger partial charge in [0.1, 0.15) is 11.7 Å². The molecule has 0 bridgehead atoms. The summed E-state index contributed by atoms with van der Waals surface area (Å²) in [5.41, 5.74) is -2.34. The van der Waals surface area contributed by atoms with E-state index in [2.05, 4.69) is 0 Å². The number of hydrogen-bond acceptors (Lipinski definition) is 5. The van der Waals surface area contributed by atoms with E-state index in [1.807, 2.05) is 6.92 Å². The van der Waals surface area contributed by atoms with E-state index in [1.54, 1.807) is 20.1 Å². The van der Waals surface area contributed by atoms with Crippen LogP contribution in [0.2, 0.25) is 0 Å². The summed E-state index contributed by atoms with van der Waals surface area (Å²) in [6.07, 6.45) is 3.96. The van der Waals surface area contributed by atoms with Crippen LogP contribution in [0.1, 0.15) is 26.7 Å². The molecule has 0 unspecified atom stereocenters. The Hall–Kier alpha value is -1.20. The monoisotopic (exact) mass is 294 g/mol. The third-order valence-corrected chi connectivity index (χ3v) is 5.88. The predicted octanol–water partition coefficient (Wildman–Crippen LogP) is 1.10. The highest BCUT2D eigenvalue weighted by Crippen LogP contribution is 2.56. The van der Waals surface area contributed by atoms with Crippen molar-refractivity contribution in [2.75, 3.05) is 13.7 Å². The number of esters is 1. The van der Waals surface area contributed by atoms with Crippen LogP contribution in [0.4, 0.5) is 0 Å². The number of ketones is 1. The van der Waals surface area contributed by atoms with Crippen LogP contribution < -0.4 is 0 Å². The third kappa shape index (κ3) is 1.70. The number of rotatable bonds is 2. The second kappa shape index (κ2) is 4.65. The lowest BCUT2D eigenvalue weighted by Crippen LogP contribution is -2.56. The summed E-state index contributed by atoms with van der Waals surface area (Å²) in [6.45, 7) is 3.98. The fraction of sp³-hybridized carbons (Fsp3) is 0.750. The van der Waals surface area contributed by atoms with Crippen molar-refractivity contribution in [2.24, 2.45) is 23.2 Å². The Morgan fingerprint density at radius 3 is 2.81 bits per heavy atom. The van der Waals surface area contributed by atoms with Gasteiger partial charge in [-0.1, -0.05) is 6.92 Å². The van der Waals surface area contributed by atoms with Crippen LogP contribution in [-0.2, 0) is 19.1 Å². The van der Waals surface area contributed by atoms with Gasteiger partial charge in [-0.05, 0) is 37.8 Å². The first-order chi connectivity index (χ1) is 9.86. The Labute approximate surface area is 124 Å². The average molecular weight is 294 g/mol. The number of carbonyl (C=O) groups is 2. The van der Waals surface area contributed by atoms with Gasteiger partial charge in [0.2, 0.25) is 0 Å². The predicted molar refractivity (Wildman–Crippen MR) is 74.3 cm³/mol. The Morgan fingerprint density at radius 1 is 1.43 bits per heavy atom. The lowest BCUT2D eigenvalue weighted by molar-refractivity contribution is -0.166. The van der Waals surface area contributed by atoms with E-state index >= 15 is 0 Å². The highest BCUT2D eigenvalue weighted by atomic mass is 16.6. The van der Waals surface area contributed by atoms with Crippen molar-refractivity contribution in [3.05, 3.63) is 12.2 Å². The number of carbonyl (C=O) groups excluding carboxylic acids is 2. The quantitative estimate of drug-likeness (QED) is 0.772. The Kier molecular flexibility index (Phi) is 3.26. The standard InChI is InChI=1S/C16H22O5/c1-9-4-5-10-11(8-20-3)14(18)21-13(10)15(2)12(17)6-7-16(9,15)19/h6-7,9-11,13,19H,4-5,8H2,1-3H3/t9-,10+,11+,13-,15-,16-/m1/s1. The zero-order chi connectivity index (χ0) is 15.4. The van der Waals surface area contributed by atoms with Gasteiger partial charge >= 0.3 is 5.97 Å². The van der Waals surface area contributed by atoms with Crippen molar-refractivity contribution in [1.29, 1.82) is 0 Å². The molecular weight excluding hydrogens is 272 g/mol. The van der Waals surface area contributed by atoms with Crippen LogP contribution in [0.3, 0.4) is 0 Å². The summed E-state index contributed by atoms with van der Waals surface area (Å²) in [7, 11) is 1.56. The van der Waals surface area contributed by atoms with Gasteiger partial charge in [-0.2, -0.15) is 0 Å². The van der Waals surface area contributed by atoms with E-state index in [4.69, 9.17) is 9.47 Å². The van der Waals surface area contributed by atoms with Crippen LogP contribution in [0.5, 0.6) is 0 Å². The summed E-state index contributed by atoms with van der Waals surface area (Å²) in [6, 6.07) is 0. The molecule has 3 aliphatic rings. The van der Waals surface area contributed by atoms with E-state index in [0.717, 1.165) is 12.8 Å². The maximum Gasteiger partial charge on any atom is 0.312 e. The fourth-order valence-corrected chi connectivity index (χ4v) is 4.41. The molecule has 1 saturated carbocycles. The molecule has 21 heavy (non-hydrogen) atoms. The first-order valence-corrected chi connectivity index (χ1v) is 7.51. The lowest BCUT2D eigenvalue weighted by Gasteiger charge is -2.43. The van der Waals surface area contributed by atoms with Gasteiger partial charge in [0.25, 0.3) is 0 Å². The van der Waals surface area contributed by atoms with Crippen molar-refractivity contribution < 1.29 is 24.2 Å². The van der Waals surface area contributed by atoms with Crippen molar-refractivity contribution in [3.63, 3.8) is 0 Å².